The zero-order chi connectivity index (χ0) is 23.4. The minimum absolute atomic E-state index is 0.0305. The van der Waals surface area contributed by atoms with Crippen LogP contribution in [0.25, 0.3) is 21.2 Å². The smallest absolute Gasteiger partial charge is 0.297 e. The molecule has 34 heavy (non-hydrogen) atoms. The summed E-state index contributed by atoms with van der Waals surface area (Å²) in [4.78, 5) is 33.6. The average Bonchev–Trinajstić information content (AvgIpc) is 3.38. The maximum absolute atomic E-state index is 13.7. The van der Waals surface area contributed by atoms with Crippen LogP contribution in [-0.2, 0) is 0 Å². The largest absolute Gasteiger partial charge is 0.494 e. The molecule has 0 N–H and O–H groups in total. The lowest BCUT2D eigenvalue weighted by Gasteiger charge is -2.22. The molecule has 1 aliphatic heterocycles. The fourth-order valence-electron chi connectivity index (χ4n) is 4.36. The Labute approximate surface area is 203 Å². The molecule has 0 aliphatic carbocycles. The average molecular weight is 489 g/mol. The predicted molar refractivity (Wildman–Crippen MR) is 133 cm³/mol. The van der Waals surface area contributed by atoms with Gasteiger partial charge < -0.3 is 9.15 Å². The Morgan fingerprint density at radius 2 is 1.94 bits per heavy atom. The number of carbonyl (C=O) groups is 1. The molecule has 168 valence electrons. The Hall–Kier alpha value is -3.68. The summed E-state index contributed by atoms with van der Waals surface area (Å²) in [7, 11) is 0. The molecule has 0 saturated heterocycles. The van der Waals surface area contributed by atoms with E-state index in [2.05, 4.69) is 0 Å². The van der Waals surface area contributed by atoms with E-state index in [-0.39, 0.29) is 11.2 Å². The van der Waals surface area contributed by atoms with E-state index in [1.807, 2.05) is 31.2 Å². The van der Waals surface area contributed by atoms with Crippen molar-refractivity contribution >= 4 is 55.2 Å². The van der Waals surface area contributed by atoms with Crippen LogP contribution in [0, 0.1) is 0 Å². The SMILES string of the molecule is CCOc1ccc2nc(N3C(=O)c4oc5ccccc5c(=O)c4[C@H]3c3cccc(Cl)c3)sc2c1. The van der Waals surface area contributed by atoms with Gasteiger partial charge in [-0.25, -0.2) is 4.98 Å². The molecular formula is C26H17ClN2O4S. The van der Waals surface area contributed by atoms with E-state index >= 15 is 0 Å². The van der Waals surface area contributed by atoms with E-state index in [1.54, 1.807) is 42.5 Å². The van der Waals surface area contributed by atoms with Crippen LogP contribution < -0.4 is 15.1 Å². The summed E-state index contributed by atoms with van der Waals surface area (Å²) in [6.45, 7) is 2.47. The van der Waals surface area contributed by atoms with Crippen LogP contribution in [0.4, 0.5) is 5.13 Å². The Bertz CT molecular complexity index is 1660. The molecule has 2 aromatic heterocycles. The number of aromatic nitrogens is 1. The molecule has 6 rings (SSSR count). The second kappa shape index (κ2) is 7.97. The first-order valence-corrected chi connectivity index (χ1v) is 11.9. The molecule has 1 amide bonds. The highest BCUT2D eigenvalue weighted by Crippen LogP contribution is 2.44. The van der Waals surface area contributed by atoms with Crippen molar-refractivity contribution in [2.45, 2.75) is 13.0 Å². The Balaban J connectivity index is 1.59. The van der Waals surface area contributed by atoms with Crippen molar-refractivity contribution in [1.29, 1.82) is 0 Å². The number of halogens is 1. The third-order valence-electron chi connectivity index (χ3n) is 5.81. The molecule has 3 heterocycles. The van der Waals surface area contributed by atoms with Gasteiger partial charge in [-0.05, 0) is 55.0 Å². The van der Waals surface area contributed by atoms with Crippen LogP contribution in [0.15, 0.2) is 75.9 Å². The number of anilines is 1. The molecule has 5 aromatic rings. The highest BCUT2D eigenvalue weighted by Gasteiger charge is 2.45. The Morgan fingerprint density at radius 1 is 1.09 bits per heavy atom. The van der Waals surface area contributed by atoms with E-state index in [0.29, 0.717) is 38.9 Å². The number of nitrogens with zero attached hydrogens (tertiary/aromatic N) is 2. The molecular weight excluding hydrogens is 472 g/mol. The first-order chi connectivity index (χ1) is 16.5. The summed E-state index contributed by atoms with van der Waals surface area (Å²) >= 11 is 7.65. The molecule has 0 radical (unpaired) electrons. The van der Waals surface area contributed by atoms with Gasteiger partial charge in [-0.3, -0.25) is 14.5 Å². The highest BCUT2D eigenvalue weighted by molar-refractivity contribution is 7.22. The number of hydrogen-bond acceptors (Lipinski definition) is 6. The minimum Gasteiger partial charge on any atom is -0.494 e. The third-order valence-corrected chi connectivity index (χ3v) is 7.06. The Morgan fingerprint density at radius 3 is 2.76 bits per heavy atom. The number of amides is 1. The van der Waals surface area contributed by atoms with Crippen LogP contribution in [-0.4, -0.2) is 17.5 Å². The molecule has 3 aromatic carbocycles. The van der Waals surface area contributed by atoms with Gasteiger partial charge in [0.15, 0.2) is 10.6 Å². The van der Waals surface area contributed by atoms with Crippen LogP contribution >= 0.6 is 22.9 Å². The lowest BCUT2D eigenvalue weighted by atomic mass is 9.99. The van der Waals surface area contributed by atoms with Crippen molar-refractivity contribution < 1.29 is 13.9 Å². The van der Waals surface area contributed by atoms with Crippen LogP contribution in [0.5, 0.6) is 5.75 Å². The van der Waals surface area contributed by atoms with E-state index in [1.165, 1.54) is 16.2 Å². The zero-order valence-electron chi connectivity index (χ0n) is 17.9. The van der Waals surface area contributed by atoms with E-state index < -0.39 is 11.9 Å². The lowest BCUT2D eigenvalue weighted by molar-refractivity contribution is 0.0971. The second-order valence-corrected chi connectivity index (χ2v) is 9.31. The normalized spacial score (nSPS) is 15.3. The third kappa shape index (κ3) is 3.20. The standard InChI is InChI=1S/C26H17ClN2O4S/c1-2-32-16-10-11-18-20(13-16)34-26(28-18)29-22(14-6-5-7-15(27)12-14)21-23(30)17-8-3-4-9-19(17)33-24(21)25(29)31/h3-13,22H,2H2,1H3/t22-/m1/s1. The Kier molecular flexibility index (Phi) is 4.90. The fourth-order valence-corrected chi connectivity index (χ4v) is 5.58. The molecule has 0 fully saturated rings. The van der Waals surface area contributed by atoms with Gasteiger partial charge in [-0.2, -0.15) is 0 Å². The van der Waals surface area contributed by atoms with Crippen molar-refractivity contribution in [1.82, 2.24) is 4.98 Å². The molecule has 0 unspecified atom stereocenters. The number of rotatable bonds is 4. The van der Waals surface area contributed by atoms with Crippen molar-refractivity contribution in [2.75, 3.05) is 11.5 Å². The van der Waals surface area contributed by atoms with Crippen molar-refractivity contribution in [3.63, 3.8) is 0 Å². The first kappa shape index (κ1) is 20.9. The molecule has 8 heteroatoms. The molecule has 0 saturated carbocycles. The molecule has 1 atom stereocenters. The van der Waals surface area contributed by atoms with Crippen molar-refractivity contribution in [2.24, 2.45) is 0 Å². The molecule has 6 nitrogen and oxygen atoms in total. The number of hydrogen-bond donors (Lipinski definition) is 0. The van der Waals surface area contributed by atoms with Gasteiger partial charge in [-0.15, -0.1) is 0 Å². The van der Waals surface area contributed by atoms with Gasteiger partial charge in [0, 0.05) is 5.02 Å². The summed E-state index contributed by atoms with van der Waals surface area (Å²) in [6, 6.07) is 19.0. The molecule has 1 aliphatic rings. The van der Waals surface area contributed by atoms with Crippen molar-refractivity contribution in [3.8, 4) is 5.75 Å². The maximum atomic E-state index is 13.7. The molecule has 0 spiro atoms. The van der Waals surface area contributed by atoms with Gasteiger partial charge in [0.05, 0.1) is 33.8 Å². The highest BCUT2D eigenvalue weighted by atomic mass is 35.5. The summed E-state index contributed by atoms with van der Waals surface area (Å²) in [5.74, 6) is 0.352. The number of para-hydroxylation sites is 1. The summed E-state index contributed by atoms with van der Waals surface area (Å²) < 4.78 is 12.5. The first-order valence-electron chi connectivity index (χ1n) is 10.7. The molecule has 0 bridgehead atoms. The van der Waals surface area contributed by atoms with E-state index in [9.17, 15) is 9.59 Å². The summed E-state index contributed by atoms with van der Waals surface area (Å²) in [5.41, 5.74) is 1.87. The number of ether oxygens (including phenoxy) is 1. The van der Waals surface area contributed by atoms with Gasteiger partial charge in [0.1, 0.15) is 11.3 Å². The van der Waals surface area contributed by atoms with Gasteiger partial charge in [-0.1, -0.05) is 47.2 Å². The minimum atomic E-state index is -0.714. The summed E-state index contributed by atoms with van der Waals surface area (Å²) in [6.07, 6.45) is 0. The van der Waals surface area contributed by atoms with Crippen molar-refractivity contribution in [3.05, 3.63) is 98.9 Å². The quantitative estimate of drug-likeness (QED) is 0.301. The number of fused-ring (bicyclic) bond motifs is 3. The lowest BCUT2D eigenvalue weighted by Crippen LogP contribution is -2.29. The number of thiazole rings is 1. The van der Waals surface area contributed by atoms with E-state index in [0.717, 1.165) is 16.0 Å². The van der Waals surface area contributed by atoms with E-state index in [4.69, 9.17) is 25.7 Å². The monoisotopic (exact) mass is 488 g/mol. The van der Waals surface area contributed by atoms with Crippen LogP contribution in [0.3, 0.4) is 0 Å². The number of benzene rings is 3. The second-order valence-electron chi connectivity index (χ2n) is 7.86. The number of carbonyl (C=O) groups excluding carboxylic acids is 1. The fraction of sp³-hybridized carbons (Fsp3) is 0.115. The predicted octanol–water partition coefficient (Wildman–Crippen LogP) is 6.20. The van der Waals surface area contributed by atoms with Crippen LogP contribution in [0.1, 0.15) is 34.6 Å². The van der Waals surface area contributed by atoms with Crippen LogP contribution in [0.2, 0.25) is 5.02 Å². The maximum Gasteiger partial charge on any atom is 0.297 e. The zero-order valence-corrected chi connectivity index (χ0v) is 19.5. The van der Waals surface area contributed by atoms with Gasteiger partial charge in [0.25, 0.3) is 5.91 Å². The summed E-state index contributed by atoms with van der Waals surface area (Å²) in [5, 5.41) is 1.40. The topological polar surface area (TPSA) is 72.6 Å². The van der Waals surface area contributed by atoms with Gasteiger partial charge >= 0.3 is 0 Å². The van der Waals surface area contributed by atoms with Gasteiger partial charge in [0.2, 0.25) is 5.76 Å².